The van der Waals surface area contributed by atoms with Gasteiger partial charge in [0.15, 0.2) is 0 Å². The van der Waals surface area contributed by atoms with Crippen molar-refractivity contribution in [2.45, 2.75) is 45.1 Å². The lowest BCUT2D eigenvalue weighted by Gasteiger charge is -2.19. The average molecular weight is 646 g/mol. The number of aliphatic hydroxyl groups excluding tert-OH is 3. The summed E-state index contributed by atoms with van der Waals surface area (Å²) in [7, 11) is 0. The van der Waals surface area contributed by atoms with E-state index < -0.39 is 6.04 Å². The minimum atomic E-state index is -0.460. The van der Waals surface area contributed by atoms with Crippen molar-refractivity contribution in [3.63, 3.8) is 0 Å². The zero-order chi connectivity index (χ0) is 31.5. The van der Waals surface area contributed by atoms with Crippen LogP contribution < -0.4 is 19.5 Å². The first kappa shape index (κ1) is 34.1. The molecule has 8 nitrogen and oxygen atoms in total. The van der Waals surface area contributed by atoms with Crippen molar-refractivity contribution in [1.82, 2.24) is 10.2 Å². The summed E-state index contributed by atoms with van der Waals surface area (Å²) in [6, 6.07) is 14.8. The lowest BCUT2D eigenvalue weighted by molar-refractivity contribution is 0.170. The maximum Gasteiger partial charge on any atom is 0.142 e. The highest BCUT2D eigenvalue weighted by molar-refractivity contribution is 6.34. The zero-order valence-corrected chi connectivity index (χ0v) is 26.6. The van der Waals surface area contributed by atoms with E-state index in [-0.39, 0.29) is 32.5 Å². The van der Waals surface area contributed by atoms with E-state index in [1.54, 1.807) is 18.2 Å². The van der Waals surface area contributed by atoms with Crippen molar-refractivity contribution in [3.05, 3.63) is 87.9 Å². The van der Waals surface area contributed by atoms with Crippen molar-refractivity contribution in [3.8, 4) is 28.4 Å². The van der Waals surface area contributed by atoms with E-state index in [9.17, 15) is 15.3 Å². The highest BCUT2D eigenvalue weighted by Gasteiger charge is 2.20. The second-order valence-electron chi connectivity index (χ2n) is 10.9. The Hall–Kier alpha value is -2.82. The van der Waals surface area contributed by atoms with Gasteiger partial charge in [0.1, 0.15) is 30.5 Å². The maximum atomic E-state index is 9.73. The van der Waals surface area contributed by atoms with Gasteiger partial charge in [-0.25, -0.2) is 0 Å². The van der Waals surface area contributed by atoms with Crippen LogP contribution in [0.4, 0.5) is 0 Å². The van der Waals surface area contributed by atoms with E-state index >= 15 is 0 Å². The molecule has 3 aromatic carbocycles. The molecule has 4 rings (SSSR count). The number of benzene rings is 3. The summed E-state index contributed by atoms with van der Waals surface area (Å²) in [4.78, 5) is 2.27. The Labute approximate surface area is 269 Å². The van der Waals surface area contributed by atoms with Crippen molar-refractivity contribution < 1.29 is 29.5 Å². The van der Waals surface area contributed by atoms with E-state index in [1.165, 1.54) is 0 Å². The molecule has 0 spiro atoms. The third kappa shape index (κ3) is 9.11. The molecule has 44 heavy (non-hydrogen) atoms. The number of halogens is 2. The average Bonchev–Trinajstić information content (AvgIpc) is 3.44. The number of nitrogens with one attached hydrogen (secondary N) is 1. The molecule has 0 aromatic heterocycles. The molecule has 0 radical (unpaired) electrons. The largest absolute Gasteiger partial charge is 0.493 e. The van der Waals surface area contributed by atoms with Gasteiger partial charge < -0.3 is 39.7 Å². The van der Waals surface area contributed by atoms with Gasteiger partial charge in [0.2, 0.25) is 0 Å². The Kier molecular flexibility index (Phi) is 13.2. The van der Waals surface area contributed by atoms with Crippen molar-refractivity contribution in [1.29, 1.82) is 0 Å². The molecule has 1 heterocycles. The Bertz CT molecular complexity index is 1380. The second kappa shape index (κ2) is 17.0. The number of β-amino-alcohol motifs (C(OH)–C–C–N with tert-alkyl or cyclic N) is 1. The third-order valence-corrected chi connectivity index (χ3v) is 8.40. The van der Waals surface area contributed by atoms with E-state index in [2.05, 4.69) is 16.8 Å². The van der Waals surface area contributed by atoms with E-state index in [0.29, 0.717) is 34.7 Å². The molecule has 0 amide bonds. The molecule has 1 aliphatic heterocycles. The van der Waals surface area contributed by atoms with Gasteiger partial charge in [-0.3, -0.25) is 0 Å². The smallest absolute Gasteiger partial charge is 0.142 e. The highest BCUT2D eigenvalue weighted by Crippen LogP contribution is 2.38. The van der Waals surface area contributed by atoms with Crippen molar-refractivity contribution in [2.75, 3.05) is 46.1 Å². The van der Waals surface area contributed by atoms with Gasteiger partial charge in [-0.05, 0) is 43.0 Å². The number of hydrogen-bond acceptors (Lipinski definition) is 8. The van der Waals surface area contributed by atoms with Crippen molar-refractivity contribution in [2.24, 2.45) is 0 Å². The lowest BCUT2D eigenvalue weighted by atomic mass is 9.98. The molecule has 3 aromatic rings. The zero-order valence-electron chi connectivity index (χ0n) is 25.1. The summed E-state index contributed by atoms with van der Waals surface area (Å²) in [5.41, 5.74) is 4.42. The predicted octanol–water partition coefficient (Wildman–Crippen LogP) is 5.39. The van der Waals surface area contributed by atoms with Crippen LogP contribution in [0.1, 0.15) is 29.5 Å². The first-order chi connectivity index (χ1) is 21.3. The normalized spacial score (nSPS) is 15.1. The van der Waals surface area contributed by atoms with Gasteiger partial charge in [-0.15, -0.1) is 0 Å². The summed E-state index contributed by atoms with van der Waals surface area (Å²) in [6.45, 7) is 9.33. The molecule has 1 unspecified atom stereocenters. The van der Waals surface area contributed by atoms with E-state index in [1.807, 2.05) is 43.3 Å². The fraction of sp³-hybridized carbons (Fsp3) is 0.412. The van der Waals surface area contributed by atoms with Crippen LogP contribution in [0.3, 0.4) is 0 Å². The number of rotatable bonds is 17. The lowest BCUT2D eigenvalue weighted by Crippen LogP contribution is -2.35. The number of ether oxygens (including phenoxy) is 3. The number of nitrogens with zero attached hydrogens (tertiary/aromatic N) is 1. The molecular weight excluding hydrogens is 603 g/mol. The van der Waals surface area contributed by atoms with Gasteiger partial charge in [-0.1, -0.05) is 66.2 Å². The van der Waals surface area contributed by atoms with Gasteiger partial charge >= 0.3 is 0 Å². The first-order valence-corrected chi connectivity index (χ1v) is 15.6. The van der Waals surface area contributed by atoms with Crippen LogP contribution in [0.15, 0.2) is 61.2 Å². The van der Waals surface area contributed by atoms with Crippen LogP contribution >= 0.6 is 23.2 Å². The van der Waals surface area contributed by atoms with Gasteiger partial charge in [0.05, 0.1) is 42.0 Å². The first-order valence-electron chi connectivity index (χ1n) is 14.9. The topological polar surface area (TPSA) is 104 Å². The summed E-state index contributed by atoms with van der Waals surface area (Å²) in [5.74, 6) is 1.81. The van der Waals surface area contributed by atoms with Crippen LogP contribution in [-0.4, -0.2) is 78.4 Å². The fourth-order valence-corrected chi connectivity index (χ4v) is 5.68. The summed E-state index contributed by atoms with van der Waals surface area (Å²) < 4.78 is 18.1. The molecule has 238 valence electrons. The molecule has 4 N–H and O–H groups in total. The third-order valence-electron chi connectivity index (χ3n) is 7.65. The molecule has 0 aliphatic carbocycles. The summed E-state index contributed by atoms with van der Waals surface area (Å²) in [5, 5.41) is 32.6. The highest BCUT2D eigenvalue weighted by atomic mass is 35.5. The van der Waals surface area contributed by atoms with Crippen molar-refractivity contribution >= 4 is 23.2 Å². The molecule has 10 heteroatoms. The Morgan fingerprint density at radius 3 is 2.50 bits per heavy atom. The monoisotopic (exact) mass is 644 g/mol. The van der Waals surface area contributed by atoms with Crippen LogP contribution in [0, 0.1) is 6.92 Å². The van der Waals surface area contributed by atoms with Crippen LogP contribution in [-0.2, 0) is 13.2 Å². The molecule has 1 aliphatic rings. The molecule has 0 bridgehead atoms. The minimum Gasteiger partial charge on any atom is -0.493 e. The number of hydrogen-bond donors (Lipinski definition) is 4. The SMILES string of the molecule is C=CCOc1cc(OCc2cccc(-c3cccc(OCCCN4CCC(O)C4)c3C)c2Cl)c(Cl)cc1CNC(CO)CO. The Morgan fingerprint density at radius 1 is 1.00 bits per heavy atom. The quantitative estimate of drug-likeness (QED) is 0.115. The van der Waals surface area contributed by atoms with Crippen LogP contribution in [0.5, 0.6) is 17.2 Å². The van der Waals surface area contributed by atoms with Crippen LogP contribution in [0.25, 0.3) is 11.1 Å². The Morgan fingerprint density at radius 2 is 1.77 bits per heavy atom. The standard InChI is InChI=1S/C34H42Cl2N2O6/c1-3-14-42-32-17-33(30(35)16-25(32)18-37-26(20-39)21-40)44-22-24-7-4-9-29(34(24)36)28-8-5-10-31(23(28)2)43-15-6-12-38-13-11-27(41)19-38/h3-5,7-10,16-17,26-27,37,39-41H,1,6,11-15,18-22H2,2H3. The van der Waals surface area contributed by atoms with E-state index in [0.717, 1.165) is 66.0 Å². The molecule has 1 saturated heterocycles. The molecule has 1 atom stereocenters. The fourth-order valence-electron chi connectivity index (χ4n) is 5.15. The molecular formula is C34H42Cl2N2O6. The molecule has 0 saturated carbocycles. The predicted molar refractivity (Wildman–Crippen MR) is 175 cm³/mol. The minimum absolute atomic E-state index is 0.183. The van der Waals surface area contributed by atoms with Crippen LogP contribution in [0.2, 0.25) is 10.0 Å². The maximum absolute atomic E-state index is 9.73. The van der Waals surface area contributed by atoms with Gasteiger partial charge in [0.25, 0.3) is 0 Å². The summed E-state index contributed by atoms with van der Waals surface area (Å²) >= 11 is 13.5. The number of aliphatic hydroxyl groups is 3. The van der Waals surface area contributed by atoms with Gasteiger partial charge in [-0.2, -0.15) is 0 Å². The van der Waals surface area contributed by atoms with E-state index in [4.69, 9.17) is 37.4 Å². The second-order valence-corrected chi connectivity index (χ2v) is 11.7. The Balaban J connectivity index is 1.45. The van der Waals surface area contributed by atoms with Gasteiger partial charge in [0, 0.05) is 48.9 Å². The molecule has 1 fully saturated rings. The summed E-state index contributed by atoms with van der Waals surface area (Å²) in [6.07, 6.45) is 3.16. The number of likely N-dealkylation sites (tertiary alicyclic amines) is 1.